The van der Waals surface area contributed by atoms with E-state index in [0.29, 0.717) is 17.3 Å². The Labute approximate surface area is 329 Å². The zero-order valence-corrected chi connectivity index (χ0v) is 32.2. The predicted molar refractivity (Wildman–Crippen MR) is 228 cm³/mol. The second-order valence-electron chi connectivity index (χ2n) is 17.3. The fraction of sp³-hybridized carbons (Fsp3) is 0.308. The van der Waals surface area contributed by atoms with Crippen molar-refractivity contribution in [1.82, 2.24) is 0 Å². The Kier molecular flexibility index (Phi) is 7.32. The van der Waals surface area contributed by atoms with Gasteiger partial charge in [-0.1, -0.05) is 178 Å². The summed E-state index contributed by atoms with van der Waals surface area (Å²) in [7, 11) is 0. The van der Waals surface area contributed by atoms with Gasteiger partial charge in [-0.05, 0) is 93.3 Å². The molecule has 3 heteroatoms. The van der Waals surface area contributed by atoms with Crippen molar-refractivity contribution in [3.63, 3.8) is 0 Å². The highest BCUT2D eigenvalue weighted by molar-refractivity contribution is 8.00. The van der Waals surface area contributed by atoms with E-state index < -0.39 is 0 Å². The zero-order valence-electron chi connectivity index (χ0n) is 31.4. The highest BCUT2D eigenvalue weighted by atomic mass is 32.2. The third kappa shape index (κ3) is 4.69. The van der Waals surface area contributed by atoms with Crippen molar-refractivity contribution < 1.29 is 0 Å². The van der Waals surface area contributed by atoms with Crippen LogP contribution in [0.5, 0.6) is 0 Å². The van der Waals surface area contributed by atoms with E-state index in [0.717, 1.165) is 17.1 Å². The Morgan fingerprint density at radius 1 is 0.564 bits per heavy atom. The van der Waals surface area contributed by atoms with Crippen molar-refractivity contribution in [2.24, 2.45) is 15.9 Å². The molecule has 0 aromatic heterocycles. The molecule has 2 nitrogen and oxygen atoms in total. The van der Waals surface area contributed by atoms with Crippen LogP contribution in [0.2, 0.25) is 0 Å². The van der Waals surface area contributed by atoms with Crippen LogP contribution in [0.4, 0.5) is 0 Å². The first-order valence-corrected chi connectivity index (χ1v) is 21.9. The summed E-state index contributed by atoms with van der Waals surface area (Å²) < 4.78 is 0. The number of hydrogen-bond donors (Lipinski definition) is 0. The van der Waals surface area contributed by atoms with E-state index in [1.54, 1.807) is 22.3 Å². The average Bonchev–Trinajstić information content (AvgIpc) is 3.85. The number of allylic oxidation sites excluding steroid dienone is 4. The van der Waals surface area contributed by atoms with Crippen LogP contribution in [0.15, 0.2) is 154 Å². The summed E-state index contributed by atoms with van der Waals surface area (Å²) in [5, 5.41) is 0.0876. The molecule has 2 aliphatic heterocycles. The van der Waals surface area contributed by atoms with E-state index in [1.807, 2.05) is 11.8 Å². The van der Waals surface area contributed by atoms with Crippen molar-refractivity contribution in [3.05, 3.63) is 178 Å². The summed E-state index contributed by atoms with van der Waals surface area (Å²) in [6.07, 6.45) is 19.0. The van der Waals surface area contributed by atoms with E-state index >= 15 is 0 Å². The number of nitrogens with zero attached hydrogens (tertiary/aromatic N) is 2. The van der Waals surface area contributed by atoms with Gasteiger partial charge in [-0.25, -0.2) is 4.99 Å². The molecule has 2 spiro atoms. The number of aliphatic imine (C=N–C) groups is 2. The molecule has 5 aromatic carbocycles. The van der Waals surface area contributed by atoms with Gasteiger partial charge in [0, 0.05) is 27.2 Å². The second kappa shape index (κ2) is 12.4. The fourth-order valence-electron chi connectivity index (χ4n) is 12.4. The predicted octanol–water partition coefficient (Wildman–Crippen LogP) is 13.0. The summed E-state index contributed by atoms with van der Waals surface area (Å²) in [4.78, 5) is 12.0. The van der Waals surface area contributed by atoms with Gasteiger partial charge in [-0.15, -0.1) is 0 Å². The molecule has 0 bridgehead atoms. The minimum absolute atomic E-state index is 0.0876. The molecular formula is C52H46N2S. The Morgan fingerprint density at radius 3 is 2.07 bits per heavy atom. The molecule has 7 aliphatic rings. The maximum absolute atomic E-state index is 5.36. The van der Waals surface area contributed by atoms with E-state index in [1.165, 1.54) is 102 Å². The molecule has 0 saturated heterocycles. The van der Waals surface area contributed by atoms with Crippen LogP contribution in [0.3, 0.4) is 0 Å². The smallest absolute Gasteiger partial charge is 0.156 e. The van der Waals surface area contributed by atoms with Crippen LogP contribution in [-0.4, -0.2) is 16.9 Å². The van der Waals surface area contributed by atoms with Gasteiger partial charge in [0.2, 0.25) is 0 Å². The Morgan fingerprint density at radius 2 is 1.25 bits per heavy atom. The van der Waals surface area contributed by atoms with Gasteiger partial charge in [-0.3, -0.25) is 4.99 Å². The van der Waals surface area contributed by atoms with E-state index in [2.05, 4.69) is 133 Å². The molecule has 5 aromatic rings. The molecule has 2 heterocycles. The van der Waals surface area contributed by atoms with Crippen LogP contribution in [-0.2, 0) is 10.8 Å². The van der Waals surface area contributed by atoms with Gasteiger partial charge in [0.05, 0.1) is 11.6 Å². The second-order valence-corrected chi connectivity index (χ2v) is 18.5. The van der Waals surface area contributed by atoms with E-state index in [4.69, 9.17) is 9.98 Å². The number of amidine groups is 1. The van der Waals surface area contributed by atoms with Crippen molar-refractivity contribution in [2.45, 2.75) is 97.1 Å². The lowest BCUT2D eigenvalue weighted by atomic mass is 9.60. The first-order chi connectivity index (χ1) is 27.2. The van der Waals surface area contributed by atoms with Crippen LogP contribution < -0.4 is 0 Å². The lowest BCUT2D eigenvalue weighted by Gasteiger charge is -2.43. The molecule has 270 valence electrons. The summed E-state index contributed by atoms with van der Waals surface area (Å²) in [5.74, 6) is 2.03. The topological polar surface area (TPSA) is 24.7 Å². The molecule has 0 amide bonds. The number of rotatable bonds is 3. The van der Waals surface area contributed by atoms with Gasteiger partial charge in [0.15, 0.2) is 5.84 Å². The van der Waals surface area contributed by atoms with Gasteiger partial charge in [-0.2, -0.15) is 0 Å². The van der Waals surface area contributed by atoms with Crippen LogP contribution in [0.25, 0.3) is 16.7 Å². The molecular weight excluding hydrogens is 685 g/mol. The summed E-state index contributed by atoms with van der Waals surface area (Å²) in [6.45, 7) is 0. The summed E-state index contributed by atoms with van der Waals surface area (Å²) >= 11 is 1.88. The van der Waals surface area contributed by atoms with Gasteiger partial charge < -0.3 is 0 Å². The fourth-order valence-corrected chi connectivity index (χ4v) is 13.7. The highest BCUT2D eigenvalue weighted by Crippen LogP contribution is 2.66. The summed E-state index contributed by atoms with van der Waals surface area (Å²) in [5.41, 5.74) is 17.4. The van der Waals surface area contributed by atoms with Crippen molar-refractivity contribution >= 4 is 28.9 Å². The molecule has 0 N–H and O–H groups in total. The largest absolute Gasteiger partial charge is 0.250 e. The third-order valence-corrected chi connectivity index (χ3v) is 16.0. The monoisotopic (exact) mass is 730 g/mol. The third-order valence-electron chi connectivity index (χ3n) is 14.8. The molecule has 4 atom stereocenters. The van der Waals surface area contributed by atoms with Crippen LogP contribution in [0.1, 0.15) is 115 Å². The van der Waals surface area contributed by atoms with E-state index in [-0.39, 0.29) is 16.7 Å². The molecule has 2 saturated carbocycles. The van der Waals surface area contributed by atoms with E-state index in [9.17, 15) is 0 Å². The standard InChI is InChI=1S/C52H46N2S/c1-4-15-34(16-5-1)48-47-38-18-7-9-22-45(38)55-50(47)54-49(53-48)35-25-23-33(24-26-35)36-19-14-21-42-46(36)40-31-39-37-17-6-8-20-41(37)51(27-10-2-11-28-51)43(39)32-44(40)52(42)29-12-3-13-30-52/h1,4-9,14-26,31-32,39,43,47,50H,2-3,10-13,27-30H2. The van der Waals surface area contributed by atoms with Crippen LogP contribution in [0, 0.1) is 5.92 Å². The zero-order chi connectivity index (χ0) is 36.1. The molecule has 12 rings (SSSR count). The van der Waals surface area contributed by atoms with Crippen molar-refractivity contribution in [1.29, 1.82) is 0 Å². The van der Waals surface area contributed by atoms with Crippen LogP contribution >= 0.6 is 11.8 Å². The maximum Gasteiger partial charge on any atom is 0.156 e. The Bertz CT molecular complexity index is 2490. The normalized spacial score (nSPS) is 26.1. The van der Waals surface area contributed by atoms with Gasteiger partial charge >= 0.3 is 0 Å². The Balaban J connectivity index is 0.963. The minimum atomic E-state index is 0.0876. The molecule has 5 aliphatic carbocycles. The number of hydrogen-bond acceptors (Lipinski definition) is 3. The molecule has 55 heavy (non-hydrogen) atoms. The number of fused-ring (bicyclic) bond motifs is 13. The van der Waals surface area contributed by atoms with Crippen molar-refractivity contribution in [3.8, 4) is 11.1 Å². The maximum atomic E-state index is 5.36. The first kappa shape index (κ1) is 32.5. The molecule has 4 unspecified atom stereocenters. The lowest BCUT2D eigenvalue weighted by molar-refractivity contribution is 0.231. The molecule has 0 radical (unpaired) electrons. The number of thioether (sulfide) groups is 1. The van der Waals surface area contributed by atoms with Gasteiger partial charge in [0.1, 0.15) is 5.37 Å². The average molecular weight is 731 g/mol. The quantitative estimate of drug-likeness (QED) is 0.181. The SMILES string of the molecule is C1=C2C(=CC3C1c1ccccc1C31CCCCC1)C1(CCCCC1)c1cccc(-c3ccc(C4=NC5Sc6ccccc6C5C(c5ccccc5)=N4)cc3)c12. The summed E-state index contributed by atoms with van der Waals surface area (Å²) in [6, 6.07) is 45.6. The lowest BCUT2D eigenvalue weighted by Crippen LogP contribution is -2.36. The highest BCUT2D eigenvalue weighted by Gasteiger charge is 2.55. The van der Waals surface area contributed by atoms with Gasteiger partial charge in [0.25, 0.3) is 0 Å². The molecule has 2 fully saturated rings. The number of benzene rings is 5. The van der Waals surface area contributed by atoms with Crippen molar-refractivity contribution in [2.75, 3.05) is 0 Å². The minimum Gasteiger partial charge on any atom is -0.250 e. The first-order valence-electron chi connectivity index (χ1n) is 21.0. The Hall–Kier alpha value is -4.73.